The van der Waals surface area contributed by atoms with E-state index in [-0.39, 0.29) is 12.4 Å². The van der Waals surface area contributed by atoms with Crippen molar-refractivity contribution >= 4 is 44.3 Å². The maximum Gasteiger partial charge on any atom is 0.137 e. The lowest BCUT2D eigenvalue weighted by molar-refractivity contribution is 0.405. The summed E-state index contributed by atoms with van der Waals surface area (Å²) in [6.45, 7) is 1.51. The van der Waals surface area contributed by atoms with Gasteiger partial charge >= 0.3 is 0 Å². The van der Waals surface area contributed by atoms with Crippen LogP contribution >= 0.6 is 44.3 Å². The molecule has 20 heavy (non-hydrogen) atoms. The molecule has 2 aromatic rings. The van der Waals surface area contributed by atoms with Crippen LogP contribution in [0.15, 0.2) is 45.6 Å². The van der Waals surface area contributed by atoms with E-state index in [9.17, 15) is 0 Å². The van der Waals surface area contributed by atoms with E-state index in [1.54, 1.807) is 13.3 Å². The van der Waals surface area contributed by atoms with Crippen LogP contribution in [0.2, 0.25) is 0 Å². The number of hydrogen-bond donors (Lipinski definition) is 1. The molecule has 0 bridgehead atoms. The van der Waals surface area contributed by atoms with Crippen molar-refractivity contribution in [3.63, 3.8) is 0 Å². The second-order valence-electron chi connectivity index (χ2n) is 4.04. The number of benzene rings is 1. The fraction of sp³-hybridized carbons (Fsp3) is 0.214. The third-order valence-corrected chi connectivity index (χ3v) is 3.70. The molecule has 1 aromatic carbocycles. The highest BCUT2D eigenvalue weighted by molar-refractivity contribution is 9.11. The molecule has 0 atom stereocenters. The lowest BCUT2D eigenvalue weighted by Crippen LogP contribution is -2.13. The zero-order valence-electron chi connectivity index (χ0n) is 10.9. The number of halogens is 3. The molecule has 108 valence electrons. The quantitative estimate of drug-likeness (QED) is 0.779. The summed E-state index contributed by atoms with van der Waals surface area (Å²) in [6, 6.07) is 8.02. The van der Waals surface area contributed by atoms with Gasteiger partial charge in [-0.15, -0.1) is 12.4 Å². The molecule has 2 rings (SSSR count). The molecule has 1 N–H and O–H groups in total. The van der Waals surface area contributed by atoms with Gasteiger partial charge in [-0.1, -0.05) is 22.0 Å². The van der Waals surface area contributed by atoms with Crippen molar-refractivity contribution in [3.8, 4) is 5.75 Å². The Morgan fingerprint density at radius 3 is 2.70 bits per heavy atom. The molecular formula is C14H15Br2ClN2O. The maximum absolute atomic E-state index is 5.41. The predicted octanol–water partition coefficient (Wildman–Crippen LogP) is 4.33. The van der Waals surface area contributed by atoms with Crippen molar-refractivity contribution in [2.75, 3.05) is 7.11 Å². The van der Waals surface area contributed by atoms with E-state index < -0.39 is 0 Å². The first-order chi connectivity index (χ1) is 9.20. The third-order valence-electron chi connectivity index (χ3n) is 2.66. The number of rotatable bonds is 5. The van der Waals surface area contributed by atoms with Crippen LogP contribution in [0.5, 0.6) is 5.75 Å². The van der Waals surface area contributed by atoms with Crippen molar-refractivity contribution in [3.05, 3.63) is 56.7 Å². The molecule has 0 spiro atoms. The summed E-state index contributed by atoms with van der Waals surface area (Å²) >= 11 is 6.99. The molecule has 3 nitrogen and oxygen atoms in total. The Morgan fingerprint density at radius 1 is 1.25 bits per heavy atom. The Bertz CT molecular complexity index is 552. The molecule has 0 aliphatic carbocycles. The van der Waals surface area contributed by atoms with Crippen LogP contribution in [0, 0.1) is 0 Å². The second-order valence-corrected chi connectivity index (χ2v) is 5.81. The van der Waals surface area contributed by atoms with Crippen LogP contribution < -0.4 is 10.1 Å². The number of aromatic nitrogens is 1. The minimum Gasteiger partial charge on any atom is -0.495 e. The van der Waals surface area contributed by atoms with Crippen molar-refractivity contribution in [1.29, 1.82) is 0 Å². The van der Waals surface area contributed by atoms with E-state index in [0.29, 0.717) is 0 Å². The Kier molecular flexibility index (Phi) is 7.51. The molecule has 0 aliphatic rings. The van der Waals surface area contributed by atoms with Crippen molar-refractivity contribution in [1.82, 2.24) is 10.3 Å². The van der Waals surface area contributed by atoms with Crippen LogP contribution in [0.1, 0.15) is 11.1 Å². The van der Waals surface area contributed by atoms with Gasteiger partial charge < -0.3 is 10.1 Å². The summed E-state index contributed by atoms with van der Waals surface area (Å²) in [4.78, 5) is 4.09. The molecular weight excluding hydrogens is 407 g/mol. The maximum atomic E-state index is 5.41. The number of nitrogens with zero attached hydrogens (tertiary/aromatic N) is 1. The first kappa shape index (κ1) is 17.4. The molecule has 6 heteroatoms. The van der Waals surface area contributed by atoms with Crippen LogP contribution in [0.25, 0.3) is 0 Å². The molecule has 1 heterocycles. The highest BCUT2D eigenvalue weighted by Gasteiger charge is 2.08. The normalized spacial score (nSPS) is 9.95. The van der Waals surface area contributed by atoms with Crippen LogP contribution in [-0.4, -0.2) is 12.1 Å². The van der Waals surface area contributed by atoms with E-state index in [1.165, 1.54) is 0 Å². The SMILES string of the molecule is COc1c(Br)cc(Br)cc1CNCc1cccnc1.Cl. The Morgan fingerprint density at radius 2 is 2.05 bits per heavy atom. The number of ether oxygens (including phenoxy) is 1. The number of pyridine rings is 1. The Labute approximate surface area is 141 Å². The molecule has 0 saturated heterocycles. The standard InChI is InChI=1S/C14H14Br2N2O.ClH/c1-19-14-11(5-12(15)6-13(14)16)9-18-8-10-3-2-4-17-7-10;/h2-7,18H,8-9H2,1H3;1H. The summed E-state index contributed by atoms with van der Waals surface area (Å²) in [7, 11) is 1.68. The van der Waals surface area contributed by atoms with Gasteiger partial charge in [0.1, 0.15) is 5.75 Å². The summed E-state index contributed by atoms with van der Waals surface area (Å²) < 4.78 is 7.39. The van der Waals surface area contributed by atoms with Gasteiger partial charge in [-0.3, -0.25) is 4.98 Å². The number of hydrogen-bond acceptors (Lipinski definition) is 3. The van der Waals surface area contributed by atoms with E-state index in [0.717, 1.165) is 38.9 Å². The van der Waals surface area contributed by atoms with Gasteiger partial charge in [-0.25, -0.2) is 0 Å². The van der Waals surface area contributed by atoms with Crippen molar-refractivity contribution in [2.45, 2.75) is 13.1 Å². The van der Waals surface area contributed by atoms with Gasteiger partial charge in [0.2, 0.25) is 0 Å². The summed E-state index contributed by atoms with van der Waals surface area (Å²) in [5, 5.41) is 3.39. The second kappa shape index (κ2) is 8.62. The minimum atomic E-state index is 0. The molecule has 0 radical (unpaired) electrons. The highest BCUT2D eigenvalue weighted by atomic mass is 79.9. The molecule has 0 saturated carbocycles. The van der Waals surface area contributed by atoms with Crippen LogP contribution in [0.4, 0.5) is 0 Å². The zero-order chi connectivity index (χ0) is 13.7. The molecule has 0 amide bonds. The van der Waals surface area contributed by atoms with E-state index >= 15 is 0 Å². The van der Waals surface area contributed by atoms with Crippen molar-refractivity contribution < 1.29 is 4.74 Å². The van der Waals surface area contributed by atoms with E-state index in [1.807, 2.05) is 24.4 Å². The van der Waals surface area contributed by atoms with E-state index in [4.69, 9.17) is 4.74 Å². The largest absolute Gasteiger partial charge is 0.495 e. The van der Waals surface area contributed by atoms with Gasteiger partial charge in [0.15, 0.2) is 0 Å². The fourth-order valence-corrected chi connectivity index (χ4v) is 3.29. The summed E-state index contributed by atoms with van der Waals surface area (Å²) in [5.41, 5.74) is 2.27. The number of methoxy groups -OCH3 is 1. The smallest absolute Gasteiger partial charge is 0.137 e. The van der Waals surface area contributed by atoms with E-state index in [2.05, 4.69) is 48.2 Å². The van der Waals surface area contributed by atoms with Gasteiger partial charge in [0, 0.05) is 35.5 Å². The van der Waals surface area contributed by atoms with Crippen LogP contribution in [-0.2, 0) is 13.1 Å². The first-order valence-electron chi connectivity index (χ1n) is 5.82. The molecule has 0 fully saturated rings. The lowest BCUT2D eigenvalue weighted by Gasteiger charge is -2.12. The zero-order valence-corrected chi connectivity index (χ0v) is 14.9. The van der Waals surface area contributed by atoms with Crippen LogP contribution in [0.3, 0.4) is 0 Å². The summed E-state index contributed by atoms with van der Waals surface area (Å²) in [5.74, 6) is 0.863. The average molecular weight is 423 g/mol. The minimum absolute atomic E-state index is 0. The first-order valence-corrected chi connectivity index (χ1v) is 7.41. The summed E-state index contributed by atoms with van der Waals surface area (Å²) in [6.07, 6.45) is 3.64. The Hall–Kier alpha value is -0.620. The Balaban J connectivity index is 0.00000200. The van der Waals surface area contributed by atoms with Gasteiger partial charge in [0.25, 0.3) is 0 Å². The molecule has 1 aromatic heterocycles. The number of nitrogens with one attached hydrogen (secondary N) is 1. The van der Waals surface area contributed by atoms with Gasteiger partial charge in [-0.2, -0.15) is 0 Å². The van der Waals surface area contributed by atoms with Crippen molar-refractivity contribution in [2.24, 2.45) is 0 Å². The van der Waals surface area contributed by atoms with Gasteiger partial charge in [0.05, 0.1) is 11.6 Å². The molecule has 0 unspecified atom stereocenters. The lowest BCUT2D eigenvalue weighted by atomic mass is 10.2. The topological polar surface area (TPSA) is 34.1 Å². The molecule has 0 aliphatic heterocycles. The monoisotopic (exact) mass is 420 g/mol. The predicted molar refractivity (Wildman–Crippen MR) is 90.4 cm³/mol. The van der Waals surface area contributed by atoms with Gasteiger partial charge in [-0.05, 0) is 39.7 Å². The third kappa shape index (κ3) is 4.74. The average Bonchev–Trinajstić information content (AvgIpc) is 2.39. The fourth-order valence-electron chi connectivity index (χ4n) is 1.82. The highest BCUT2D eigenvalue weighted by Crippen LogP contribution is 2.32.